The monoisotopic (exact) mass is 616 g/mol. The molecule has 0 fully saturated rings. The summed E-state index contributed by atoms with van der Waals surface area (Å²) in [7, 11) is 0. The van der Waals surface area contributed by atoms with E-state index >= 15 is 0 Å². The fourth-order valence-corrected chi connectivity index (χ4v) is 6.78. The number of hydrogen-bond acceptors (Lipinski definition) is 6. The van der Waals surface area contributed by atoms with E-state index in [1.165, 1.54) is 0 Å². The van der Waals surface area contributed by atoms with Crippen LogP contribution in [0.25, 0.3) is 49.5 Å². The van der Waals surface area contributed by atoms with Gasteiger partial charge in [0.15, 0.2) is 0 Å². The third-order valence-electron chi connectivity index (χ3n) is 9.07. The van der Waals surface area contributed by atoms with Gasteiger partial charge in [-0.05, 0) is 93.1 Å². The van der Waals surface area contributed by atoms with Crippen LogP contribution in [0.5, 0.6) is 0 Å². The van der Waals surface area contributed by atoms with Crippen LogP contribution in [0.2, 0.25) is 0 Å². The largest absolute Gasteiger partial charge is 0.276 e. The molecule has 4 heterocycles. The van der Waals surface area contributed by atoms with Gasteiger partial charge in [-0.25, -0.2) is 9.97 Å². The first kappa shape index (κ1) is 28.9. The molecule has 8 rings (SSSR count). The number of hydrogen-bond donors (Lipinski definition) is 0. The van der Waals surface area contributed by atoms with Gasteiger partial charge < -0.3 is 0 Å². The first-order valence-corrected chi connectivity index (χ1v) is 16.0. The van der Waals surface area contributed by atoms with Crippen LogP contribution in [0.4, 0.5) is 0 Å². The van der Waals surface area contributed by atoms with E-state index in [-0.39, 0.29) is 6.04 Å². The Balaban J connectivity index is 1.22. The first-order chi connectivity index (χ1) is 23.7. The second-order valence-corrected chi connectivity index (χ2v) is 11.9. The lowest BCUT2D eigenvalue weighted by Crippen LogP contribution is -2.08. The smallest absolute Gasteiger partial charge is 0.140 e. The van der Waals surface area contributed by atoms with Gasteiger partial charge in [0.1, 0.15) is 23.5 Å². The van der Waals surface area contributed by atoms with E-state index < -0.39 is 0 Å². The highest BCUT2D eigenvalue weighted by Crippen LogP contribution is 2.40. The van der Waals surface area contributed by atoms with Gasteiger partial charge >= 0.3 is 0 Å². The Kier molecular flexibility index (Phi) is 7.45. The molecule has 6 aromatic rings. The lowest BCUT2D eigenvalue weighted by Gasteiger charge is -2.19. The molecule has 0 radical (unpaired) electrons. The van der Waals surface area contributed by atoms with Gasteiger partial charge in [0.2, 0.25) is 0 Å². The summed E-state index contributed by atoms with van der Waals surface area (Å²) in [5, 5.41) is 23.3. The molecule has 0 N–H and O–H groups in total. The Morgan fingerprint density at radius 2 is 1.33 bits per heavy atom. The average molecular weight is 617 g/mol. The maximum atomic E-state index is 9.38. The minimum absolute atomic E-state index is 0.0712. The number of allylic oxidation sites excluding steroid dienone is 2. The molecule has 1 unspecified atom stereocenters. The lowest BCUT2D eigenvalue weighted by atomic mass is 9.88. The number of pyridine rings is 2. The number of aromatic nitrogens is 2. The Labute approximate surface area is 278 Å². The number of nitriles is 2. The summed E-state index contributed by atoms with van der Waals surface area (Å²) < 4.78 is 0. The van der Waals surface area contributed by atoms with Crippen molar-refractivity contribution in [1.82, 2.24) is 9.97 Å². The molecule has 0 spiro atoms. The molecule has 6 nitrogen and oxygen atoms in total. The van der Waals surface area contributed by atoms with Crippen molar-refractivity contribution < 1.29 is 0 Å². The highest BCUT2D eigenvalue weighted by atomic mass is 14.8. The van der Waals surface area contributed by atoms with E-state index in [2.05, 4.69) is 113 Å². The van der Waals surface area contributed by atoms with Crippen molar-refractivity contribution in [2.24, 2.45) is 9.98 Å². The minimum Gasteiger partial charge on any atom is -0.276 e. The van der Waals surface area contributed by atoms with Crippen LogP contribution in [0.3, 0.4) is 0 Å². The van der Waals surface area contributed by atoms with Gasteiger partial charge in [-0.3, -0.25) is 9.98 Å². The second kappa shape index (κ2) is 12.4. The Morgan fingerprint density at radius 3 is 2.06 bits per heavy atom. The molecule has 0 bridgehead atoms. The second-order valence-electron chi connectivity index (χ2n) is 11.9. The van der Waals surface area contributed by atoms with Crippen LogP contribution in [0.15, 0.2) is 138 Å². The van der Waals surface area contributed by atoms with E-state index in [0.717, 1.165) is 84.9 Å². The predicted octanol–water partition coefficient (Wildman–Crippen LogP) is 9.23. The summed E-state index contributed by atoms with van der Waals surface area (Å²) in [5.74, 6) is 0. The summed E-state index contributed by atoms with van der Waals surface area (Å²) in [6, 6.07) is 39.9. The maximum absolute atomic E-state index is 9.38. The van der Waals surface area contributed by atoms with Crippen LogP contribution in [0.1, 0.15) is 41.4 Å². The molecule has 2 aromatic heterocycles. The molecule has 2 aliphatic rings. The zero-order valence-electron chi connectivity index (χ0n) is 26.0. The van der Waals surface area contributed by atoms with E-state index in [1.807, 2.05) is 30.3 Å². The van der Waals surface area contributed by atoms with Gasteiger partial charge in [0.25, 0.3) is 0 Å². The third-order valence-corrected chi connectivity index (χ3v) is 9.07. The van der Waals surface area contributed by atoms with Crippen LogP contribution in [-0.4, -0.2) is 27.9 Å². The number of benzene rings is 4. The van der Waals surface area contributed by atoms with Gasteiger partial charge in [-0.1, -0.05) is 84.9 Å². The highest BCUT2D eigenvalue weighted by molar-refractivity contribution is 6.20. The number of nitrogens with zero attached hydrogens (tertiary/aromatic N) is 6. The standard InChI is InChI=1S/C42H28N6/c43-25-29-23-27(19-21-45-29)39-11-5-13-41(47-39)37-17-15-35(31-7-1-3-9-33(31)37)36-16-18-38(34-10-4-2-8-32(34)36)42-14-6-12-40(48-42)28-20-22-46-30(24-28)26-44/h1-11,13-18,20,22-24,40H,12,19,21H2. The summed E-state index contributed by atoms with van der Waals surface area (Å²) in [6.45, 7) is 0.600. The first-order valence-electron chi connectivity index (χ1n) is 16.0. The average Bonchev–Trinajstić information content (AvgIpc) is 3.17. The fraction of sp³-hybridized carbons (Fsp3) is 0.0952. The van der Waals surface area contributed by atoms with Gasteiger partial charge in [-0.15, -0.1) is 0 Å². The topological polar surface area (TPSA) is 98.1 Å². The Hall–Kier alpha value is -6.50. The maximum Gasteiger partial charge on any atom is 0.140 e. The van der Waals surface area contributed by atoms with E-state index in [0.29, 0.717) is 18.0 Å². The van der Waals surface area contributed by atoms with Crippen LogP contribution in [0, 0.1) is 22.7 Å². The molecule has 0 saturated carbocycles. The van der Waals surface area contributed by atoms with Crippen LogP contribution >= 0.6 is 0 Å². The van der Waals surface area contributed by atoms with Crippen molar-refractivity contribution in [2.75, 3.05) is 6.54 Å². The SMILES string of the molecule is N#CC1=NCCC(c2cccc(-c3ccc(-c4ccc(C5=NC(c6ccnc(C#N)c6)CC=C5)c5ccccc45)c4ccccc34)n2)=C1. The van der Waals surface area contributed by atoms with Crippen molar-refractivity contribution in [3.8, 4) is 34.5 Å². The molecule has 0 amide bonds. The quantitative estimate of drug-likeness (QED) is 0.193. The van der Waals surface area contributed by atoms with E-state index in [9.17, 15) is 10.5 Å². The summed E-state index contributed by atoms with van der Waals surface area (Å²) in [5.41, 5.74) is 10.0. The summed E-state index contributed by atoms with van der Waals surface area (Å²) >= 11 is 0. The molecule has 48 heavy (non-hydrogen) atoms. The lowest BCUT2D eigenvalue weighted by molar-refractivity contribution is 0.734. The van der Waals surface area contributed by atoms with Crippen molar-refractivity contribution in [3.05, 3.63) is 150 Å². The number of dihydropyridines is 2. The number of aliphatic imine (C=N–C) groups is 2. The molecular formula is C42H28N6. The normalized spacial score (nSPS) is 15.7. The predicted molar refractivity (Wildman–Crippen MR) is 193 cm³/mol. The van der Waals surface area contributed by atoms with Crippen molar-refractivity contribution in [1.29, 1.82) is 10.5 Å². The van der Waals surface area contributed by atoms with Gasteiger partial charge in [0.05, 0.1) is 23.1 Å². The molecule has 1 atom stereocenters. The molecule has 2 aliphatic heterocycles. The summed E-state index contributed by atoms with van der Waals surface area (Å²) in [6.07, 6.45) is 9.34. The molecule has 0 saturated heterocycles. The van der Waals surface area contributed by atoms with Gasteiger partial charge in [-0.2, -0.15) is 10.5 Å². The third kappa shape index (κ3) is 5.26. The fourth-order valence-electron chi connectivity index (χ4n) is 6.78. The van der Waals surface area contributed by atoms with Crippen molar-refractivity contribution >= 4 is 38.5 Å². The zero-order chi connectivity index (χ0) is 32.5. The highest BCUT2D eigenvalue weighted by Gasteiger charge is 2.19. The summed E-state index contributed by atoms with van der Waals surface area (Å²) in [4.78, 5) is 18.6. The number of fused-ring (bicyclic) bond motifs is 2. The molecule has 226 valence electrons. The molecule has 0 aliphatic carbocycles. The number of rotatable bonds is 5. The van der Waals surface area contributed by atoms with Crippen molar-refractivity contribution in [3.63, 3.8) is 0 Å². The van der Waals surface area contributed by atoms with E-state index in [1.54, 1.807) is 6.20 Å². The Morgan fingerprint density at radius 1 is 0.667 bits per heavy atom. The van der Waals surface area contributed by atoms with Crippen LogP contribution in [-0.2, 0) is 0 Å². The molecule has 6 heteroatoms. The van der Waals surface area contributed by atoms with Gasteiger partial charge in [0, 0.05) is 23.9 Å². The molecular weight excluding hydrogens is 589 g/mol. The van der Waals surface area contributed by atoms with Crippen LogP contribution < -0.4 is 0 Å². The molecule has 4 aromatic carbocycles. The zero-order valence-corrected chi connectivity index (χ0v) is 26.0. The minimum atomic E-state index is -0.0712. The van der Waals surface area contributed by atoms with E-state index in [4.69, 9.17) is 9.98 Å². The Bertz CT molecular complexity index is 2470. The van der Waals surface area contributed by atoms with Crippen molar-refractivity contribution in [2.45, 2.75) is 18.9 Å².